The smallest absolute Gasteiger partial charge is 0.237 e. The van der Waals surface area contributed by atoms with E-state index in [1.165, 1.54) is 19.2 Å². The van der Waals surface area contributed by atoms with Crippen molar-refractivity contribution >= 4 is 34.4 Å². The van der Waals surface area contributed by atoms with Gasteiger partial charge in [-0.1, -0.05) is 6.07 Å². The van der Waals surface area contributed by atoms with E-state index in [0.717, 1.165) is 51.2 Å². The van der Waals surface area contributed by atoms with Crippen LogP contribution < -0.4 is 19.9 Å². The molecule has 10 heteroatoms. The zero-order valence-corrected chi connectivity index (χ0v) is 20.6. The summed E-state index contributed by atoms with van der Waals surface area (Å²) in [4.78, 5) is 13.3. The second-order valence-electron chi connectivity index (χ2n) is 7.98. The number of aromatic nitrogens is 3. The van der Waals surface area contributed by atoms with E-state index in [0.29, 0.717) is 23.3 Å². The molecule has 3 heterocycles. The number of methoxy groups -OCH3 is 2. The SMILES string of the molecule is COc1cc(-c2cc3cc(-c4cnc(OC)c(NSc5ccc(F)cc5F)c4)ccc3nc2N)ccn1. The topological polar surface area (TPSA) is 95.2 Å². The molecule has 0 aliphatic heterocycles. The van der Waals surface area contributed by atoms with Gasteiger partial charge in [0.2, 0.25) is 11.8 Å². The number of pyridine rings is 3. The lowest BCUT2D eigenvalue weighted by molar-refractivity contribution is 0.398. The minimum Gasteiger partial charge on any atom is -0.481 e. The lowest BCUT2D eigenvalue weighted by Gasteiger charge is -2.13. The molecule has 0 saturated carbocycles. The molecule has 5 aromatic rings. The number of halogens is 2. The van der Waals surface area contributed by atoms with Crippen molar-refractivity contribution in [3.63, 3.8) is 0 Å². The van der Waals surface area contributed by atoms with Crippen LogP contribution in [0.15, 0.2) is 78.0 Å². The van der Waals surface area contributed by atoms with Crippen LogP contribution in [-0.2, 0) is 0 Å². The van der Waals surface area contributed by atoms with Crippen LogP contribution in [0.1, 0.15) is 0 Å². The molecule has 0 radical (unpaired) electrons. The third-order valence-electron chi connectivity index (χ3n) is 5.64. The standard InChI is InChI=1S/C27H21F2N5O2S/c1-35-25-12-16(7-8-31-25)20-10-17-9-15(3-5-22(17)33-26(20)30)18-11-23(27(36-2)32-14-18)34-37-24-6-4-19(28)13-21(24)29/h3-14,34H,1-2H3,(H2,30,33). The molecule has 186 valence electrons. The van der Waals surface area contributed by atoms with Gasteiger partial charge in [0.1, 0.15) is 23.1 Å². The van der Waals surface area contributed by atoms with Crippen LogP contribution in [0.3, 0.4) is 0 Å². The van der Waals surface area contributed by atoms with E-state index in [2.05, 4.69) is 19.7 Å². The summed E-state index contributed by atoms with van der Waals surface area (Å²) in [5, 5.41) is 0.880. The minimum absolute atomic E-state index is 0.239. The van der Waals surface area contributed by atoms with E-state index in [1.54, 1.807) is 25.6 Å². The molecule has 0 unspecified atom stereocenters. The van der Waals surface area contributed by atoms with Gasteiger partial charge in [-0.05, 0) is 65.5 Å². The van der Waals surface area contributed by atoms with Crippen molar-refractivity contribution in [1.29, 1.82) is 0 Å². The predicted molar refractivity (Wildman–Crippen MR) is 142 cm³/mol. The van der Waals surface area contributed by atoms with Gasteiger partial charge in [0.25, 0.3) is 0 Å². The van der Waals surface area contributed by atoms with Gasteiger partial charge in [-0.3, -0.25) is 0 Å². The van der Waals surface area contributed by atoms with Crippen molar-refractivity contribution in [2.24, 2.45) is 0 Å². The van der Waals surface area contributed by atoms with E-state index >= 15 is 0 Å². The highest BCUT2D eigenvalue weighted by Gasteiger charge is 2.13. The molecule has 0 aliphatic carbocycles. The van der Waals surface area contributed by atoms with Gasteiger partial charge < -0.3 is 19.9 Å². The second kappa shape index (κ2) is 10.3. The summed E-state index contributed by atoms with van der Waals surface area (Å²) in [6.07, 6.45) is 3.34. The Kier molecular flexibility index (Phi) is 6.74. The highest BCUT2D eigenvalue weighted by atomic mass is 32.2. The average molecular weight is 518 g/mol. The van der Waals surface area contributed by atoms with Crippen molar-refractivity contribution in [2.75, 3.05) is 24.7 Å². The van der Waals surface area contributed by atoms with Crippen LogP contribution in [0, 0.1) is 11.6 Å². The van der Waals surface area contributed by atoms with Crippen LogP contribution >= 0.6 is 11.9 Å². The third-order valence-corrected chi connectivity index (χ3v) is 6.51. The van der Waals surface area contributed by atoms with Gasteiger partial charge in [-0.2, -0.15) is 0 Å². The van der Waals surface area contributed by atoms with Gasteiger partial charge >= 0.3 is 0 Å². The average Bonchev–Trinajstić information content (AvgIpc) is 2.92. The van der Waals surface area contributed by atoms with Gasteiger partial charge in [0.05, 0.1) is 24.6 Å². The minimum atomic E-state index is -0.662. The monoisotopic (exact) mass is 517 g/mol. The number of nitrogens with two attached hydrogens (primary N) is 1. The summed E-state index contributed by atoms with van der Waals surface area (Å²) in [5.74, 6) is -0.0843. The van der Waals surface area contributed by atoms with Gasteiger partial charge in [0.15, 0.2) is 0 Å². The predicted octanol–water partition coefficient (Wildman–Crippen LogP) is 6.36. The molecule has 5 rings (SSSR count). The maximum absolute atomic E-state index is 14.1. The molecule has 0 fully saturated rings. The van der Waals surface area contributed by atoms with Crippen molar-refractivity contribution in [1.82, 2.24) is 15.0 Å². The van der Waals surface area contributed by atoms with Crippen molar-refractivity contribution in [2.45, 2.75) is 4.90 Å². The molecule has 3 aromatic heterocycles. The normalized spacial score (nSPS) is 10.9. The molecule has 0 saturated heterocycles. The number of nitrogen functional groups attached to an aromatic ring is 1. The highest BCUT2D eigenvalue weighted by Crippen LogP contribution is 2.35. The van der Waals surface area contributed by atoms with E-state index in [1.807, 2.05) is 36.4 Å². The number of anilines is 2. The summed E-state index contributed by atoms with van der Waals surface area (Å²) in [6.45, 7) is 0. The number of hydrogen-bond acceptors (Lipinski definition) is 8. The number of benzene rings is 2. The first kappa shape index (κ1) is 24.3. The molecule has 37 heavy (non-hydrogen) atoms. The Morgan fingerprint density at radius 3 is 2.51 bits per heavy atom. The van der Waals surface area contributed by atoms with E-state index < -0.39 is 11.6 Å². The van der Waals surface area contributed by atoms with Crippen molar-refractivity contribution in [3.8, 4) is 34.0 Å². The Bertz CT molecular complexity index is 1620. The highest BCUT2D eigenvalue weighted by molar-refractivity contribution is 8.00. The number of nitrogens with zero attached hydrogens (tertiary/aromatic N) is 3. The fourth-order valence-electron chi connectivity index (χ4n) is 3.80. The molecule has 0 bridgehead atoms. The molecule has 7 nitrogen and oxygen atoms in total. The summed E-state index contributed by atoms with van der Waals surface area (Å²) in [7, 11) is 3.05. The number of hydrogen-bond donors (Lipinski definition) is 2. The summed E-state index contributed by atoms with van der Waals surface area (Å²) in [6, 6.07) is 16.7. The first-order valence-electron chi connectivity index (χ1n) is 11.1. The molecule has 0 amide bonds. The largest absolute Gasteiger partial charge is 0.481 e. The Morgan fingerprint density at radius 2 is 1.73 bits per heavy atom. The van der Waals surface area contributed by atoms with Crippen molar-refractivity contribution in [3.05, 3.63) is 84.7 Å². The Morgan fingerprint density at radius 1 is 0.865 bits per heavy atom. The molecule has 0 spiro atoms. The fourth-order valence-corrected chi connectivity index (χ4v) is 4.46. The molecule has 2 aromatic carbocycles. The maximum Gasteiger partial charge on any atom is 0.237 e. The van der Waals surface area contributed by atoms with Gasteiger partial charge in [-0.15, -0.1) is 0 Å². The third kappa shape index (κ3) is 5.10. The van der Waals surface area contributed by atoms with E-state index in [-0.39, 0.29) is 4.90 Å². The Balaban J connectivity index is 1.49. The molecular formula is C27H21F2N5O2S. The van der Waals surface area contributed by atoms with Crippen LogP contribution in [0.2, 0.25) is 0 Å². The lowest BCUT2D eigenvalue weighted by atomic mass is 10.0. The summed E-state index contributed by atoms with van der Waals surface area (Å²) >= 11 is 0.998. The van der Waals surface area contributed by atoms with Crippen LogP contribution in [0.25, 0.3) is 33.2 Å². The summed E-state index contributed by atoms with van der Waals surface area (Å²) < 4.78 is 41.0. The quantitative estimate of drug-likeness (QED) is 0.241. The van der Waals surface area contributed by atoms with Crippen LogP contribution in [-0.4, -0.2) is 29.2 Å². The molecule has 0 atom stereocenters. The summed E-state index contributed by atoms with van der Waals surface area (Å²) in [5.41, 5.74) is 10.8. The molecule has 3 N–H and O–H groups in total. The number of rotatable bonds is 7. The van der Waals surface area contributed by atoms with E-state index in [4.69, 9.17) is 15.2 Å². The van der Waals surface area contributed by atoms with Crippen LogP contribution in [0.5, 0.6) is 11.8 Å². The first-order chi connectivity index (χ1) is 17.9. The molecular weight excluding hydrogens is 496 g/mol. The zero-order chi connectivity index (χ0) is 25.9. The first-order valence-corrected chi connectivity index (χ1v) is 11.9. The zero-order valence-electron chi connectivity index (χ0n) is 19.8. The molecule has 0 aliphatic rings. The van der Waals surface area contributed by atoms with E-state index in [9.17, 15) is 8.78 Å². The van der Waals surface area contributed by atoms with Gasteiger partial charge in [-0.25, -0.2) is 23.7 Å². The fraction of sp³-hybridized carbons (Fsp3) is 0.0741. The maximum atomic E-state index is 14.1. The number of nitrogens with one attached hydrogen (secondary N) is 1. The van der Waals surface area contributed by atoms with Crippen molar-refractivity contribution < 1.29 is 18.3 Å². The lowest BCUT2D eigenvalue weighted by Crippen LogP contribution is -1.97. The second-order valence-corrected chi connectivity index (χ2v) is 8.82. The van der Waals surface area contributed by atoms with Gasteiger partial charge in [0, 0.05) is 41.0 Å². The Hall–Kier alpha value is -4.44. The Labute approximate surface area is 215 Å². The number of ether oxygens (including phenoxy) is 2. The number of fused-ring (bicyclic) bond motifs is 1. The van der Waals surface area contributed by atoms with Crippen LogP contribution in [0.4, 0.5) is 20.3 Å².